The zero-order valence-electron chi connectivity index (χ0n) is 15.9. The van der Waals surface area contributed by atoms with Crippen molar-refractivity contribution in [2.24, 2.45) is 0 Å². The number of nitrogens with zero attached hydrogens (tertiary/aromatic N) is 2. The largest absolute Gasteiger partial charge is 0.416 e. The van der Waals surface area contributed by atoms with Gasteiger partial charge < -0.3 is 5.32 Å². The molecule has 1 N–H and O–H groups in total. The van der Waals surface area contributed by atoms with Crippen LogP contribution >= 0.6 is 0 Å². The highest BCUT2D eigenvalue weighted by Crippen LogP contribution is 2.42. The van der Waals surface area contributed by atoms with E-state index in [-0.39, 0.29) is 23.3 Å². The Morgan fingerprint density at radius 3 is 2.60 bits per heavy atom. The van der Waals surface area contributed by atoms with Crippen molar-refractivity contribution in [2.45, 2.75) is 31.4 Å². The van der Waals surface area contributed by atoms with E-state index in [1.54, 1.807) is 18.2 Å². The van der Waals surface area contributed by atoms with Gasteiger partial charge in [-0.15, -0.1) is 0 Å². The highest BCUT2D eigenvalue weighted by Gasteiger charge is 2.34. The lowest BCUT2D eigenvalue weighted by molar-refractivity contribution is -0.137. The number of benzene rings is 2. The molecule has 1 saturated carbocycles. The predicted molar refractivity (Wildman–Crippen MR) is 103 cm³/mol. The maximum absolute atomic E-state index is 13.3. The maximum atomic E-state index is 13.3. The van der Waals surface area contributed by atoms with Gasteiger partial charge in [0.2, 0.25) is 0 Å². The minimum absolute atomic E-state index is 0.0889. The second-order valence-electron chi connectivity index (χ2n) is 7.31. The van der Waals surface area contributed by atoms with Gasteiger partial charge in [-0.2, -0.15) is 18.3 Å². The van der Waals surface area contributed by atoms with Crippen LogP contribution in [0.2, 0.25) is 0 Å². The quantitative estimate of drug-likeness (QED) is 0.581. The lowest BCUT2D eigenvalue weighted by atomic mass is 10.1. The first-order valence-electron chi connectivity index (χ1n) is 9.61. The fraction of sp³-hybridized carbons (Fsp3) is 0.273. The van der Waals surface area contributed by atoms with Crippen molar-refractivity contribution in [3.63, 3.8) is 0 Å². The molecule has 0 bridgehead atoms. The average molecular weight is 417 g/mol. The van der Waals surface area contributed by atoms with Crippen LogP contribution in [0.15, 0.2) is 54.7 Å². The Morgan fingerprint density at radius 1 is 1.13 bits per heavy atom. The summed E-state index contributed by atoms with van der Waals surface area (Å²) in [6, 6.07) is 11.1. The number of nitrogens with one attached hydrogen (secondary N) is 1. The van der Waals surface area contributed by atoms with Gasteiger partial charge in [0.25, 0.3) is 5.91 Å². The molecule has 4 nitrogen and oxygen atoms in total. The maximum Gasteiger partial charge on any atom is 0.416 e. The Bertz CT molecular complexity index is 1070. The molecule has 1 heterocycles. The molecule has 156 valence electrons. The first-order chi connectivity index (χ1) is 14.3. The molecular weight excluding hydrogens is 398 g/mol. The molecule has 3 aromatic rings. The van der Waals surface area contributed by atoms with E-state index >= 15 is 0 Å². The van der Waals surface area contributed by atoms with Crippen LogP contribution in [0.5, 0.6) is 0 Å². The molecule has 8 heteroatoms. The minimum Gasteiger partial charge on any atom is -0.352 e. The van der Waals surface area contributed by atoms with E-state index in [1.165, 1.54) is 29.1 Å². The molecule has 0 saturated heterocycles. The monoisotopic (exact) mass is 417 g/mol. The fourth-order valence-electron chi connectivity index (χ4n) is 3.41. The first-order valence-corrected chi connectivity index (χ1v) is 9.61. The number of aromatic nitrogens is 2. The van der Waals surface area contributed by atoms with E-state index < -0.39 is 11.7 Å². The third-order valence-corrected chi connectivity index (χ3v) is 5.02. The number of amides is 1. The Kier molecular flexibility index (Phi) is 5.32. The van der Waals surface area contributed by atoms with Crippen molar-refractivity contribution < 1.29 is 22.4 Å². The number of hydrogen-bond acceptors (Lipinski definition) is 2. The highest BCUT2D eigenvalue weighted by atomic mass is 19.4. The van der Waals surface area contributed by atoms with E-state index in [1.807, 2.05) is 0 Å². The van der Waals surface area contributed by atoms with Gasteiger partial charge in [-0.1, -0.05) is 18.2 Å². The number of carbonyl (C=O) groups is 1. The zero-order chi connectivity index (χ0) is 21.3. The number of rotatable bonds is 6. The Balaban J connectivity index is 1.54. The number of alkyl halides is 3. The average Bonchev–Trinajstić information content (AvgIpc) is 3.45. The van der Waals surface area contributed by atoms with Gasteiger partial charge in [0.15, 0.2) is 0 Å². The predicted octanol–water partition coefficient (Wildman–Crippen LogP) is 4.88. The third-order valence-electron chi connectivity index (χ3n) is 5.02. The van der Waals surface area contributed by atoms with E-state index in [2.05, 4.69) is 10.4 Å². The summed E-state index contributed by atoms with van der Waals surface area (Å²) in [5.74, 6) is -0.588. The third kappa shape index (κ3) is 4.37. The van der Waals surface area contributed by atoms with Crippen LogP contribution in [0, 0.1) is 5.82 Å². The summed E-state index contributed by atoms with van der Waals surface area (Å²) in [5.41, 5.74) is 1.24. The van der Waals surface area contributed by atoms with Crippen LogP contribution in [0.25, 0.3) is 5.69 Å². The molecule has 0 aliphatic heterocycles. The summed E-state index contributed by atoms with van der Waals surface area (Å²) in [5, 5.41) is 7.00. The van der Waals surface area contributed by atoms with Gasteiger partial charge in [0, 0.05) is 12.5 Å². The van der Waals surface area contributed by atoms with Crippen molar-refractivity contribution in [1.29, 1.82) is 0 Å². The SMILES string of the molecule is O=C(NCCc1cccc(F)c1)c1cnn(-c2cccc(C(F)(F)F)c2)c1C1CC1. The standard InChI is InChI=1S/C22H19F4N3O/c23-17-5-1-3-14(11-17)9-10-27-21(30)19-13-28-29(20(19)15-7-8-15)18-6-2-4-16(12-18)22(24,25)26/h1-6,11-13,15H,7-10H2,(H,27,30). The molecule has 1 fully saturated rings. The van der Waals surface area contributed by atoms with Crippen LogP contribution in [0.1, 0.15) is 45.9 Å². The molecule has 1 aliphatic rings. The zero-order valence-corrected chi connectivity index (χ0v) is 15.9. The topological polar surface area (TPSA) is 46.9 Å². The number of halogens is 4. The van der Waals surface area contributed by atoms with Crippen molar-refractivity contribution in [1.82, 2.24) is 15.1 Å². The van der Waals surface area contributed by atoms with Crippen molar-refractivity contribution in [3.8, 4) is 5.69 Å². The lowest BCUT2D eigenvalue weighted by Crippen LogP contribution is -2.26. The van der Waals surface area contributed by atoms with Gasteiger partial charge in [-0.05, 0) is 55.2 Å². The molecule has 1 aliphatic carbocycles. The van der Waals surface area contributed by atoms with Gasteiger partial charge in [-0.3, -0.25) is 4.79 Å². The normalized spacial score (nSPS) is 14.0. The second kappa shape index (κ2) is 7.93. The van der Waals surface area contributed by atoms with E-state index in [9.17, 15) is 22.4 Å². The summed E-state index contributed by atoms with van der Waals surface area (Å²) >= 11 is 0. The van der Waals surface area contributed by atoms with Crippen LogP contribution in [0.3, 0.4) is 0 Å². The Hall–Kier alpha value is -3.16. The summed E-state index contributed by atoms with van der Waals surface area (Å²) in [7, 11) is 0. The molecule has 1 amide bonds. The molecule has 0 radical (unpaired) electrons. The van der Waals surface area contributed by atoms with E-state index in [4.69, 9.17) is 0 Å². The molecule has 30 heavy (non-hydrogen) atoms. The van der Waals surface area contributed by atoms with Crippen LogP contribution in [-0.4, -0.2) is 22.2 Å². The van der Waals surface area contributed by atoms with Gasteiger partial charge >= 0.3 is 6.18 Å². The van der Waals surface area contributed by atoms with Gasteiger partial charge in [0.1, 0.15) is 5.82 Å². The molecule has 0 unspecified atom stereocenters. The number of carbonyl (C=O) groups excluding carboxylic acids is 1. The minimum atomic E-state index is -4.46. The van der Waals surface area contributed by atoms with Crippen LogP contribution in [-0.2, 0) is 12.6 Å². The smallest absolute Gasteiger partial charge is 0.352 e. The molecular formula is C22H19F4N3O. The molecule has 1 aromatic heterocycles. The van der Waals surface area contributed by atoms with Crippen molar-refractivity contribution in [3.05, 3.63) is 82.9 Å². The van der Waals surface area contributed by atoms with E-state index in [0.717, 1.165) is 30.5 Å². The summed E-state index contributed by atoms with van der Waals surface area (Å²) in [6.45, 7) is 0.307. The Labute approximate surface area is 170 Å². The van der Waals surface area contributed by atoms with Gasteiger partial charge in [0.05, 0.1) is 28.7 Å². The molecule has 4 rings (SSSR count). The molecule has 0 atom stereocenters. The molecule has 2 aromatic carbocycles. The first kappa shape index (κ1) is 20.1. The number of hydrogen-bond donors (Lipinski definition) is 1. The lowest BCUT2D eigenvalue weighted by Gasteiger charge is -2.12. The fourth-order valence-corrected chi connectivity index (χ4v) is 3.41. The van der Waals surface area contributed by atoms with Crippen LogP contribution < -0.4 is 5.32 Å². The van der Waals surface area contributed by atoms with E-state index in [0.29, 0.717) is 24.2 Å². The van der Waals surface area contributed by atoms with Crippen molar-refractivity contribution >= 4 is 5.91 Å². The van der Waals surface area contributed by atoms with Gasteiger partial charge in [-0.25, -0.2) is 9.07 Å². The Morgan fingerprint density at radius 2 is 1.90 bits per heavy atom. The highest BCUT2D eigenvalue weighted by molar-refractivity contribution is 5.95. The summed E-state index contributed by atoms with van der Waals surface area (Å²) < 4.78 is 53.9. The van der Waals surface area contributed by atoms with Crippen molar-refractivity contribution in [2.75, 3.05) is 6.54 Å². The summed E-state index contributed by atoms with van der Waals surface area (Å²) in [4.78, 5) is 12.7. The van der Waals surface area contributed by atoms with Crippen LogP contribution in [0.4, 0.5) is 17.6 Å². The summed E-state index contributed by atoms with van der Waals surface area (Å²) in [6.07, 6.45) is -0.891. The second-order valence-corrected chi connectivity index (χ2v) is 7.31. The molecule has 0 spiro atoms.